The topological polar surface area (TPSA) is 166 Å². The number of rotatable bonds is 12. The highest BCUT2D eigenvalue weighted by Crippen LogP contribution is 2.20. The third-order valence-electron chi connectivity index (χ3n) is 5.96. The summed E-state index contributed by atoms with van der Waals surface area (Å²) in [6.07, 6.45) is 2.50. The molecule has 10 heteroatoms. The molecular formula is C24H35N5O5. The van der Waals surface area contributed by atoms with E-state index in [1.807, 2.05) is 38.1 Å². The van der Waals surface area contributed by atoms with Crippen LogP contribution < -0.4 is 21.7 Å². The molecule has 0 aliphatic heterocycles. The molecular weight excluding hydrogens is 438 g/mol. The molecule has 0 aliphatic carbocycles. The molecule has 4 unspecified atom stereocenters. The van der Waals surface area contributed by atoms with Gasteiger partial charge in [0.25, 0.3) is 0 Å². The fraction of sp³-hybridized carbons (Fsp3) is 0.500. The maximum absolute atomic E-state index is 13.2. The van der Waals surface area contributed by atoms with Crippen molar-refractivity contribution >= 4 is 34.6 Å². The second-order valence-electron chi connectivity index (χ2n) is 8.83. The molecule has 0 aliphatic rings. The molecule has 1 heterocycles. The number of nitrogens with two attached hydrogens (primary N) is 1. The van der Waals surface area contributed by atoms with Gasteiger partial charge < -0.3 is 31.8 Å². The molecule has 3 amide bonds. The second-order valence-corrected chi connectivity index (χ2v) is 8.83. The average Bonchev–Trinajstić information content (AvgIpc) is 3.21. The van der Waals surface area contributed by atoms with Gasteiger partial charge in [-0.3, -0.25) is 14.4 Å². The number of carboxylic acids is 1. The Bertz CT molecular complexity index is 1020. The number of aromatic nitrogens is 1. The maximum atomic E-state index is 13.2. The van der Waals surface area contributed by atoms with Crippen molar-refractivity contribution < 1.29 is 24.3 Å². The summed E-state index contributed by atoms with van der Waals surface area (Å²) in [6, 6.07) is 4.48. The van der Waals surface area contributed by atoms with E-state index < -0.39 is 41.8 Å². The lowest BCUT2D eigenvalue weighted by Crippen LogP contribution is -2.58. The summed E-state index contributed by atoms with van der Waals surface area (Å²) in [5.41, 5.74) is 7.07. The Morgan fingerprint density at radius 1 is 1.00 bits per heavy atom. The minimum atomic E-state index is -1.16. The summed E-state index contributed by atoms with van der Waals surface area (Å²) >= 11 is 0. The van der Waals surface area contributed by atoms with Gasteiger partial charge in [-0.2, -0.15) is 0 Å². The number of fused-ring (bicyclic) bond motifs is 1. The van der Waals surface area contributed by atoms with Crippen molar-refractivity contribution in [1.29, 1.82) is 0 Å². The summed E-state index contributed by atoms with van der Waals surface area (Å²) in [5, 5.41) is 18.3. The lowest BCUT2D eigenvalue weighted by molar-refractivity contribution is -0.143. The van der Waals surface area contributed by atoms with Crippen LogP contribution in [0.1, 0.15) is 39.7 Å². The van der Waals surface area contributed by atoms with Gasteiger partial charge in [-0.05, 0) is 23.5 Å². The number of amides is 3. The van der Waals surface area contributed by atoms with Gasteiger partial charge in [0.1, 0.15) is 18.1 Å². The number of H-pyrrole nitrogens is 1. The summed E-state index contributed by atoms with van der Waals surface area (Å²) < 4.78 is 0. The standard InChI is InChI=1S/C24H35N5O5/c1-5-14(4)21(28-19(30)11-25)23(32)27-18(22(31)29-20(13(2)3)24(33)34)10-15-12-26-17-9-7-6-8-16(15)17/h6-9,12-14,18,20-21,26H,5,10-11,25H2,1-4H3,(H,27,32)(H,28,30)(H,29,31)(H,33,34). The number of hydrogen-bond donors (Lipinski definition) is 6. The Balaban J connectivity index is 2.34. The largest absolute Gasteiger partial charge is 0.480 e. The SMILES string of the molecule is CCC(C)C(NC(=O)CN)C(=O)NC(Cc1c[nH]c2ccccc12)C(=O)NC(C(=O)O)C(C)C. The third kappa shape index (κ3) is 6.80. The molecule has 1 aromatic carbocycles. The summed E-state index contributed by atoms with van der Waals surface area (Å²) in [7, 11) is 0. The average molecular weight is 474 g/mol. The molecule has 34 heavy (non-hydrogen) atoms. The number of hydrogen-bond acceptors (Lipinski definition) is 5. The van der Waals surface area contributed by atoms with Crippen molar-refractivity contribution in [2.45, 2.75) is 58.7 Å². The van der Waals surface area contributed by atoms with Crippen molar-refractivity contribution in [3.63, 3.8) is 0 Å². The van der Waals surface area contributed by atoms with E-state index in [1.165, 1.54) is 0 Å². The van der Waals surface area contributed by atoms with Gasteiger partial charge in [-0.15, -0.1) is 0 Å². The van der Waals surface area contributed by atoms with Gasteiger partial charge >= 0.3 is 5.97 Å². The summed E-state index contributed by atoms with van der Waals surface area (Å²) in [5.74, 6) is -3.37. The van der Waals surface area contributed by atoms with E-state index in [0.717, 1.165) is 16.5 Å². The van der Waals surface area contributed by atoms with Gasteiger partial charge in [0.15, 0.2) is 0 Å². The van der Waals surface area contributed by atoms with E-state index in [1.54, 1.807) is 20.0 Å². The van der Waals surface area contributed by atoms with Crippen LogP contribution in [0.5, 0.6) is 0 Å². The zero-order valence-corrected chi connectivity index (χ0v) is 20.1. The molecule has 2 rings (SSSR count). The minimum absolute atomic E-state index is 0.129. The van der Waals surface area contributed by atoms with Crippen LogP contribution in [0.15, 0.2) is 30.5 Å². The smallest absolute Gasteiger partial charge is 0.326 e. The van der Waals surface area contributed by atoms with Crippen molar-refractivity contribution in [2.24, 2.45) is 17.6 Å². The lowest BCUT2D eigenvalue weighted by Gasteiger charge is -2.27. The molecule has 10 nitrogen and oxygen atoms in total. The number of carboxylic acid groups (broad SMARTS) is 1. The molecule has 186 valence electrons. The third-order valence-corrected chi connectivity index (χ3v) is 5.96. The maximum Gasteiger partial charge on any atom is 0.326 e. The van der Waals surface area contributed by atoms with Crippen LogP contribution in [0.2, 0.25) is 0 Å². The van der Waals surface area contributed by atoms with E-state index >= 15 is 0 Å². The lowest BCUT2D eigenvalue weighted by atomic mass is 9.96. The van der Waals surface area contributed by atoms with Crippen LogP contribution in [0.4, 0.5) is 0 Å². The zero-order valence-electron chi connectivity index (χ0n) is 20.1. The van der Waals surface area contributed by atoms with Crippen LogP contribution in [0, 0.1) is 11.8 Å². The van der Waals surface area contributed by atoms with Crippen LogP contribution >= 0.6 is 0 Å². The number of nitrogens with one attached hydrogen (secondary N) is 4. The number of aliphatic carboxylic acids is 1. The molecule has 7 N–H and O–H groups in total. The van der Waals surface area contributed by atoms with Gasteiger partial charge in [0.05, 0.1) is 6.54 Å². The molecule has 0 bridgehead atoms. The molecule has 0 saturated heterocycles. The van der Waals surface area contributed by atoms with Crippen molar-refractivity contribution in [3.8, 4) is 0 Å². The first-order chi connectivity index (χ1) is 16.1. The molecule has 0 radical (unpaired) electrons. The Hall–Kier alpha value is -3.40. The highest BCUT2D eigenvalue weighted by Gasteiger charge is 2.32. The summed E-state index contributed by atoms with van der Waals surface area (Å²) in [4.78, 5) is 53.1. The Kier molecular flexibility index (Phi) is 9.61. The number of benzene rings is 1. The van der Waals surface area contributed by atoms with Gasteiger partial charge in [0.2, 0.25) is 17.7 Å². The Labute approximate surface area is 199 Å². The monoisotopic (exact) mass is 473 g/mol. The number of carbonyl (C=O) groups excluding carboxylic acids is 3. The Morgan fingerprint density at radius 3 is 2.26 bits per heavy atom. The fourth-order valence-corrected chi connectivity index (χ4v) is 3.69. The quantitative estimate of drug-likeness (QED) is 0.268. The van der Waals surface area contributed by atoms with E-state index in [0.29, 0.717) is 6.42 Å². The first kappa shape index (κ1) is 26.8. The molecule has 0 fully saturated rings. The van der Waals surface area contributed by atoms with Crippen LogP contribution in [0.3, 0.4) is 0 Å². The normalized spacial score (nSPS) is 14.8. The predicted octanol–water partition coefficient (Wildman–Crippen LogP) is 0.910. The summed E-state index contributed by atoms with van der Waals surface area (Å²) in [6.45, 7) is 6.81. The first-order valence-electron chi connectivity index (χ1n) is 11.5. The van der Waals surface area contributed by atoms with Crippen LogP contribution in [0.25, 0.3) is 10.9 Å². The van der Waals surface area contributed by atoms with E-state index in [-0.39, 0.29) is 24.8 Å². The first-order valence-corrected chi connectivity index (χ1v) is 11.5. The fourth-order valence-electron chi connectivity index (χ4n) is 3.69. The molecule has 0 saturated carbocycles. The minimum Gasteiger partial charge on any atom is -0.480 e. The number of carbonyl (C=O) groups is 4. The predicted molar refractivity (Wildman–Crippen MR) is 129 cm³/mol. The molecule has 0 spiro atoms. The number of aromatic amines is 1. The van der Waals surface area contributed by atoms with Crippen molar-refractivity contribution in [2.75, 3.05) is 6.54 Å². The second kappa shape index (κ2) is 12.2. The zero-order chi connectivity index (χ0) is 25.4. The van der Waals surface area contributed by atoms with Crippen LogP contribution in [-0.2, 0) is 25.6 Å². The molecule has 1 aromatic heterocycles. The van der Waals surface area contributed by atoms with Crippen molar-refractivity contribution in [3.05, 3.63) is 36.0 Å². The highest BCUT2D eigenvalue weighted by atomic mass is 16.4. The van der Waals surface area contributed by atoms with Gasteiger partial charge in [-0.25, -0.2) is 4.79 Å². The molecule has 2 aromatic rings. The highest BCUT2D eigenvalue weighted by molar-refractivity contribution is 5.94. The van der Waals surface area contributed by atoms with E-state index in [4.69, 9.17) is 5.73 Å². The van der Waals surface area contributed by atoms with E-state index in [2.05, 4.69) is 20.9 Å². The number of para-hydroxylation sites is 1. The van der Waals surface area contributed by atoms with Crippen molar-refractivity contribution in [1.82, 2.24) is 20.9 Å². The van der Waals surface area contributed by atoms with E-state index in [9.17, 15) is 24.3 Å². The van der Waals surface area contributed by atoms with Gasteiger partial charge in [0, 0.05) is 23.5 Å². The van der Waals surface area contributed by atoms with Gasteiger partial charge in [-0.1, -0.05) is 52.3 Å². The Morgan fingerprint density at radius 2 is 1.68 bits per heavy atom. The van der Waals surface area contributed by atoms with Crippen LogP contribution in [-0.4, -0.2) is 58.5 Å². The molecule has 4 atom stereocenters.